The van der Waals surface area contributed by atoms with E-state index >= 15 is 0 Å². The van der Waals surface area contributed by atoms with Crippen LogP contribution in [-0.4, -0.2) is 20.9 Å². The molecule has 0 atom stereocenters. The van der Waals surface area contributed by atoms with E-state index in [1.54, 1.807) is 4.68 Å². The Bertz CT molecular complexity index is 438. The Morgan fingerprint density at radius 3 is 2.44 bits per heavy atom. The van der Waals surface area contributed by atoms with Crippen LogP contribution in [0.4, 0.5) is 0 Å². The molecule has 1 saturated carbocycles. The molecule has 0 saturated heterocycles. The molecule has 0 spiro atoms. The fourth-order valence-electron chi connectivity index (χ4n) is 2.78. The molecule has 0 amide bonds. The summed E-state index contributed by atoms with van der Waals surface area (Å²) in [5.74, 6) is -0.663. The maximum atomic E-state index is 11.7. The molecular weight excluding hydrogens is 228 g/mol. The first-order chi connectivity index (χ1) is 8.33. The summed E-state index contributed by atoms with van der Waals surface area (Å²) < 4.78 is 1.73. The predicted octanol–water partition coefficient (Wildman–Crippen LogP) is 2.63. The molecule has 0 radical (unpaired) electrons. The van der Waals surface area contributed by atoms with Crippen LogP contribution in [0.15, 0.2) is 12.3 Å². The van der Waals surface area contributed by atoms with Crippen molar-refractivity contribution in [1.82, 2.24) is 9.78 Å². The Balaban J connectivity index is 2.16. The van der Waals surface area contributed by atoms with Crippen LogP contribution in [-0.2, 0) is 18.3 Å². The van der Waals surface area contributed by atoms with Gasteiger partial charge in [-0.15, -0.1) is 0 Å². The standard InChI is InChI=1S/C14H22N2O2/c1-13(2)5-7-14(8-6-13,12(17)18)10-11-4-9-16(3)15-11/h4,9H,5-8,10H2,1-3H3,(H,17,18). The summed E-state index contributed by atoms with van der Waals surface area (Å²) in [5, 5.41) is 13.9. The van der Waals surface area contributed by atoms with Crippen LogP contribution in [0.3, 0.4) is 0 Å². The Labute approximate surface area is 108 Å². The zero-order valence-electron chi connectivity index (χ0n) is 11.4. The topological polar surface area (TPSA) is 55.1 Å². The molecule has 1 fully saturated rings. The smallest absolute Gasteiger partial charge is 0.310 e. The van der Waals surface area contributed by atoms with E-state index in [2.05, 4.69) is 18.9 Å². The fraction of sp³-hybridized carbons (Fsp3) is 0.714. The van der Waals surface area contributed by atoms with Gasteiger partial charge in [0, 0.05) is 19.7 Å². The molecule has 1 aliphatic carbocycles. The number of carbonyl (C=O) groups is 1. The maximum absolute atomic E-state index is 11.7. The number of aliphatic carboxylic acids is 1. The quantitative estimate of drug-likeness (QED) is 0.897. The lowest BCUT2D eigenvalue weighted by atomic mass is 9.63. The third-order valence-electron chi connectivity index (χ3n) is 4.30. The molecule has 0 unspecified atom stereocenters. The van der Waals surface area contributed by atoms with E-state index in [4.69, 9.17) is 0 Å². The summed E-state index contributed by atoms with van der Waals surface area (Å²) in [7, 11) is 1.86. The monoisotopic (exact) mass is 250 g/mol. The van der Waals surface area contributed by atoms with Crippen LogP contribution in [0, 0.1) is 10.8 Å². The van der Waals surface area contributed by atoms with Gasteiger partial charge < -0.3 is 5.11 Å². The van der Waals surface area contributed by atoms with E-state index < -0.39 is 11.4 Å². The zero-order valence-corrected chi connectivity index (χ0v) is 11.4. The van der Waals surface area contributed by atoms with Crippen molar-refractivity contribution < 1.29 is 9.90 Å². The Kier molecular flexibility index (Phi) is 3.21. The molecule has 0 aromatic carbocycles. The molecule has 0 bridgehead atoms. The van der Waals surface area contributed by atoms with Gasteiger partial charge in [0.2, 0.25) is 0 Å². The van der Waals surface area contributed by atoms with Gasteiger partial charge in [-0.1, -0.05) is 13.8 Å². The van der Waals surface area contributed by atoms with E-state index in [9.17, 15) is 9.90 Å². The molecular formula is C14H22N2O2. The number of carboxylic acids is 1. The Hall–Kier alpha value is -1.32. The van der Waals surface area contributed by atoms with Crippen LogP contribution >= 0.6 is 0 Å². The van der Waals surface area contributed by atoms with Gasteiger partial charge in [0.25, 0.3) is 0 Å². The van der Waals surface area contributed by atoms with Gasteiger partial charge in [-0.25, -0.2) is 0 Å². The molecule has 2 rings (SSSR count). The third kappa shape index (κ3) is 2.57. The summed E-state index contributed by atoms with van der Waals surface area (Å²) in [4.78, 5) is 11.7. The molecule has 1 aliphatic rings. The highest BCUT2D eigenvalue weighted by molar-refractivity contribution is 5.75. The highest BCUT2D eigenvalue weighted by Gasteiger charge is 2.44. The molecule has 4 nitrogen and oxygen atoms in total. The van der Waals surface area contributed by atoms with Crippen LogP contribution in [0.1, 0.15) is 45.2 Å². The fourth-order valence-corrected chi connectivity index (χ4v) is 2.78. The van der Waals surface area contributed by atoms with E-state index in [-0.39, 0.29) is 5.41 Å². The molecule has 4 heteroatoms. The number of aryl methyl sites for hydroxylation is 1. The van der Waals surface area contributed by atoms with E-state index in [0.717, 1.165) is 31.4 Å². The highest BCUT2D eigenvalue weighted by Crippen LogP contribution is 2.46. The molecule has 100 valence electrons. The maximum Gasteiger partial charge on any atom is 0.310 e. The van der Waals surface area contributed by atoms with Gasteiger partial charge >= 0.3 is 5.97 Å². The van der Waals surface area contributed by atoms with Crippen LogP contribution in [0.2, 0.25) is 0 Å². The second kappa shape index (κ2) is 4.41. The zero-order chi connectivity index (χ0) is 13.4. The minimum Gasteiger partial charge on any atom is -0.481 e. The van der Waals surface area contributed by atoms with Gasteiger partial charge in [-0.05, 0) is 37.2 Å². The summed E-state index contributed by atoms with van der Waals surface area (Å²) in [6.07, 6.45) is 5.90. The number of rotatable bonds is 3. The lowest BCUT2D eigenvalue weighted by molar-refractivity contribution is -0.152. The van der Waals surface area contributed by atoms with Gasteiger partial charge in [0.15, 0.2) is 0 Å². The number of aromatic nitrogens is 2. The lowest BCUT2D eigenvalue weighted by Crippen LogP contribution is -2.39. The first-order valence-corrected chi connectivity index (χ1v) is 6.55. The van der Waals surface area contributed by atoms with E-state index in [0.29, 0.717) is 6.42 Å². The van der Waals surface area contributed by atoms with Gasteiger partial charge in [-0.3, -0.25) is 9.48 Å². The Morgan fingerprint density at radius 1 is 1.39 bits per heavy atom. The normalized spacial score (nSPS) is 21.7. The van der Waals surface area contributed by atoms with Crippen molar-refractivity contribution in [2.24, 2.45) is 17.9 Å². The second-order valence-electron chi connectivity index (χ2n) is 6.41. The summed E-state index contributed by atoms with van der Waals surface area (Å²) in [6.45, 7) is 4.44. The van der Waals surface area contributed by atoms with Crippen molar-refractivity contribution in [1.29, 1.82) is 0 Å². The third-order valence-corrected chi connectivity index (χ3v) is 4.30. The van der Waals surface area contributed by atoms with Crippen molar-refractivity contribution in [2.45, 2.75) is 46.0 Å². The highest BCUT2D eigenvalue weighted by atomic mass is 16.4. The number of hydrogen-bond donors (Lipinski definition) is 1. The summed E-state index contributed by atoms with van der Waals surface area (Å²) >= 11 is 0. The molecule has 18 heavy (non-hydrogen) atoms. The molecule has 1 N–H and O–H groups in total. The van der Waals surface area contributed by atoms with Crippen molar-refractivity contribution in [3.8, 4) is 0 Å². The van der Waals surface area contributed by atoms with E-state index in [1.807, 2.05) is 19.3 Å². The lowest BCUT2D eigenvalue weighted by Gasteiger charge is -2.40. The minimum atomic E-state index is -0.663. The molecule has 1 heterocycles. The second-order valence-corrected chi connectivity index (χ2v) is 6.41. The largest absolute Gasteiger partial charge is 0.481 e. The van der Waals surface area contributed by atoms with Gasteiger partial charge in [-0.2, -0.15) is 5.10 Å². The summed E-state index contributed by atoms with van der Waals surface area (Å²) in [5.41, 5.74) is 0.562. The van der Waals surface area contributed by atoms with Gasteiger partial charge in [0.1, 0.15) is 0 Å². The van der Waals surface area contributed by atoms with Crippen molar-refractivity contribution in [2.75, 3.05) is 0 Å². The molecule has 1 aromatic rings. The average molecular weight is 250 g/mol. The first kappa shape index (κ1) is 13.1. The molecule has 1 aromatic heterocycles. The predicted molar refractivity (Wildman–Crippen MR) is 69.2 cm³/mol. The minimum absolute atomic E-state index is 0.281. The van der Waals surface area contributed by atoms with Crippen LogP contribution in [0.5, 0.6) is 0 Å². The molecule has 0 aliphatic heterocycles. The average Bonchev–Trinajstić information content (AvgIpc) is 2.67. The van der Waals surface area contributed by atoms with Crippen LogP contribution < -0.4 is 0 Å². The summed E-state index contributed by atoms with van der Waals surface area (Å²) in [6, 6.07) is 1.92. The van der Waals surface area contributed by atoms with Gasteiger partial charge in [0.05, 0.1) is 11.1 Å². The first-order valence-electron chi connectivity index (χ1n) is 6.55. The van der Waals surface area contributed by atoms with Crippen molar-refractivity contribution >= 4 is 5.97 Å². The number of nitrogens with zero attached hydrogens (tertiary/aromatic N) is 2. The number of carboxylic acid groups (broad SMARTS) is 1. The Morgan fingerprint density at radius 2 is 2.00 bits per heavy atom. The van der Waals surface area contributed by atoms with Crippen LogP contribution in [0.25, 0.3) is 0 Å². The van der Waals surface area contributed by atoms with Crippen molar-refractivity contribution in [3.63, 3.8) is 0 Å². The van der Waals surface area contributed by atoms with E-state index in [1.165, 1.54) is 0 Å². The SMILES string of the molecule is Cn1ccc(CC2(C(=O)O)CCC(C)(C)CC2)n1. The number of hydrogen-bond acceptors (Lipinski definition) is 2. The van der Waals surface area contributed by atoms with Crippen molar-refractivity contribution in [3.05, 3.63) is 18.0 Å².